The average Bonchev–Trinajstić information content (AvgIpc) is 3.53. The number of hydrogen-bond acceptors (Lipinski definition) is 4. The van der Waals surface area contributed by atoms with Crippen molar-refractivity contribution in [3.05, 3.63) is 48.0 Å². The smallest absolute Gasteiger partial charge is 0.432 e. The van der Waals surface area contributed by atoms with Crippen molar-refractivity contribution in [3.63, 3.8) is 0 Å². The third-order valence-electron chi connectivity index (χ3n) is 5.15. The number of rotatable bonds is 5. The van der Waals surface area contributed by atoms with Crippen LogP contribution in [0.1, 0.15) is 36.9 Å². The van der Waals surface area contributed by atoms with Crippen molar-refractivity contribution in [1.82, 2.24) is 20.2 Å². The fourth-order valence-electron chi connectivity index (χ4n) is 3.50. The van der Waals surface area contributed by atoms with Crippen LogP contribution in [0.15, 0.2) is 36.8 Å². The molecule has 166 valence electrons. The zero-order chi connectivity index (χ0) is 22.6. The molecule has 0 unspecified atom stereocenters. The fourth-order valence-corrected chi connectivity index (χ4v) is 3.50. The first-order chi connectivity index (χ1) is 15.4. The molecule has 0 spiro atoms. The van der Waals surface area contributed by atoms with Crippen LogP contribution in [-0.4, -0.2) is 32.7 Å². The van der Waals surface area contributed by atoms with Gasteiger partial charge in [0.05, 0.1) is 30.3 Å². The number of halogens is 3. The lowest BCUT2D eigenvalue weighted by molar-refractivity contribution is -0.140. The first-order valence-corrected chi connectivity index (χ1v) is 10.1. The number of hydrogen-bond donors (Lipinski definition) is 3. The van der Waals surface area contributed by atoms with Crippen molar-refractivity contribution in [3.8, 4) is 29.0 Å². The minimum atomic E-state index is -4.53. The molecular formula is C22H20F3N5O2. The van der Waals surface area contributed by atoms with Gasteiger partial charge < -0.3 is 15.0 Å². The number of nitrogens with one attached hydrogen (secondary N) is 3. The number of carbonyl (C=O) groups excluding carboxylic acids is 1. The molecule has 1 aliphatic rings. The normalized spacial score (nSPS) is 14.1. The third kappa shape index (κ3) is 5.29. The summed E-state index contributed by atoms with van der Waals surface area (Å²) in [7, 11) is 0. The number of alkyl halides is 3. The molecule has 10 heteroatoms. The zero-order valence-electron chi connectivity index (χ0n) is 16.9. The molecule has 0 bridgehead atoms. The highest BCUT2D eigenvalue weighted by atomic mass is 19.4. The van der Waals surface area contributed by atoms with Crippen molar-refractivity contribution in [2.45, 2.75) is 31.9 Å². The summed E-state index contributed by atoms with van der Waals surface area (Å²) in [6.07, 6.45) is 3.73. The van der Waals surface area contributed by atoms with E-state index >= 15 is 0 Å². The first-order valence-electron chi connectivity index (χ1n) is 10.1. The van der Waals surface area contributed by atoms with Crippen LogP contribution in [-0.2, 0) is 11.0 Å². The van der Waals surface area contributed by atoms with Crippen LogP contribution >= 0.6 is 0 Å². The van der Waals surface area contributed by atoms with E-state index in [1.54, 1.807) is 18.3 Å². The second kappa shape index (κ2) is 9.18. The molecule has 2 heterocycles. The first kappa shape index (κ1) is 21.5. The van der Waals surface area contributed by atoms with Crippen molar-refractivity contribution >= 4 is 11.6 Å². The van der Waals surface area contributed by atoms with Crippen LogP contribution in [0.2, 0.25) is 0 Å². The van der Waals surface area contributed by atoms with Gasteiger partial charge in [-0.3, -0.25) is 9.89 Å². The summed E-state index contributed by atoms with van der Waals surface area (Å²) in [6, 6.07) is 4.72. The molecule has 0 saturated heterocycles. The van der Waals surface area contributed by atoms with Gasteiger partial charge in [0.25, 0.3) is 0 Å². The quantitative estimate of drug-likeness (QED) is 0.510. The maximum Gasteiger partial charge on any atom is 0.432 e. The zero-order valence-corrected chi connectivity index (χ0v) is 16.9. The van der Waals surface area contributed by atoms with Gasteiger partial charge in [-0.15, -0.1) is 0 Å². The van der Waals surface area contributed by atoms with E-state index in [4.69, 9.17) is 4.74 Å². The van der Waals surface area contributed by atoms with Gasteiger partial charge in [-0.05, 0) is 37.0 Å². The Kier molecular flexibility index (Phi) is 6.16. The van der Waals surface area contributed by atoms with Crippen LogP contribution in [0, 0.1) is 17.8 Å². The predicted molar refractivity (Wildman–Crippen MR) is 111 cm³/mol. The standard InChI is InChI=1S/C22H20F3N5O2/c23-22(24,25)19-12-26-21(30-19)16-6-7-18(32-13-14-3-1-2-4-14)17(9-16)29-20(31)8-5-15-10-27-28-11-15/h6-7,9-12,14H,1-4,13H2,(H,26,30)(H,27,28)(H,29,31). The molecule has 1 fully saturated rings. The summed E-state index contributed by atoms with van der Waals surface area (Å²) in [5.74, 6) is 5.42. The van der Waals surface area contributed by atoms with Gasteiger partial charge in [0.2, 0.25) is 0 Å². The SMILES string of the molecule is O=C(C#Cc1cn[nH]c1)Nc1cc(-c2ncc(C(F)(F)F)[nH]2)ccc1OCC1CCCC1. The Bertz CT molecular complexity index is 1140. The van der Waals surface area contributed by atoms with E-state index in [-0.39, 0.29) is 5.82 Å². The summed E-state index contributed by atoms with van der Waals surface area (Å²) >= 11 is 0. The average molecular weight is 443 g/mol. The highest BCUT2D eigenvalue weighted by molar-refractivity contribution is 6.05. The van der Waals surface area contributed by atoms with Crippen LogP contribution in [0.3, 0.4) is 0 Å². The van der Waals surface area contributed by atoms with Crippen LogP contribution < -0.4 is 10.1 Å². The largest absolute Gasteiger partial charge is 0.491 e. The van der Waals surface area contributed by atoms with Crippen molar-refractivity contribution in [2.75, 3.05) is 11.9 Å². The summed E-state index contributed by atoms with van der Waals surface area (Å²) in [5, 5.41) is 9.02. The van der Waals surface area contributed by atoms with Crippen LogP contribution in [0.4, 0.5) is 18.9 Å². The van der Waals surface area contributed by atoms with Gasteiger partial charge in [0.1, 0.15) is 17.3 Å². The molecule has 7 nitrogen and oxygen atoms in total. The molecule has 1 aliphatic carbocycles. The number of nitrogens with zero attached hydrogens (tertiary/aromatic N) is 2. The number of H-pyrrole nitrogens is 2. The number of imidazole rings is 1. The van der Waals surface area contributed by atoms with Crippen molar-refractivity contribution in [1.29, 1.82) is 0 Å². The molecule has 1 amide bonds. The maximum absolute atomic E-state index is 12.9. The Morgan fingerprint density at radius 2 is 2.06 bits per heavy atom. The molecular weight excluding hydrogens is 423 g/mol. The highest BCUT2D eigenvalue weighted by Crippen LogP contribution is 2.34. The van der Waals surface area contributed by atoms with Crippen LogP contribution in [0.25, 0.3) is 11.4 Å². The van der Waals surface area contributed by atoms with E-state index in [2.05, 4.69) is 37.3 Å². The Labute approximate surface area is 181 Å². The second-order valence-electron chi connectivity index (χ2n) is 7.51. The summed E-state index contributed by atoms with van der Waals surface area (Å²) in [6.45, 7) is 0.502. The molecule has 0 radical (unpaired) electrons. The molecule has 4 rings (SSSR count). The van der Waals surface area contributed by atoms with E-state index in [1.165, 1.54) is 25.1 Å². The Balaban J connectivity index is 1.57. The minimum Gasteiger partial charge on any atom is -0.491 e. The predicted octanol–water partition coefficient (Wildman–Crippen LogP) is 4.38. The van der Waals surface area contributed by atoms with Gasteiger partial charge >= 0.3 is 12.1 Å². The number of ether oxygens (including phenoxy) is 1. The molecule has 2 aromatic heterocycles. The minimum absolute atomic E-state index is 0.0275. The number of benzene rings is 1. The highest BCUT2D eigenvalue weighted by Gasteiger charge is 2.33. The molecule has 0 atom stereocenters. The third-order valence-corrected chi connectivity index (χ3v) is 5.15. The summed E-state index contributed by atoms with van der Waals surface area (Å²) < 4.78 is 44.7. The molecule has 1 saturated carbocycles. The molecule has 0 aliphatic heterocycles. The van der Waals surface area contributed by atoms with Crippen molar-refractivity contribution < 1.29 is 22.7 Å². The van der Waals surface area contributed by atoms with E-state index in [0.717, 1.165) is 19.0 Å². The molecule has 32 heavy (non-hydrogen) atoms. The Morgan fingerprint density at radius 1 is 1.25 bits per heavy atom. The van der Waals surface area contributed by atoms with Gasteiger partial charge in [-0.2, -0.15) is 18.3 Å². The maximum atomic E-state index is 12.9. The topological polar surface area (TPSA) is 95.7 Å². The molecule has 3 N–H and O–H groups in total. The molecule has 1 aromatic carbocycles. The van der Waals surface area contributed by atoms with Gasteiger partial charge in [0.15, 0.2) is 0 Å². The van der Waals surface area contributed by atoms with E-state index < -0.39 is 17.8 Å². The van der Waals surface area contributed by atoms with Crippen LogP contribution in [0.5, 0.6) is 5.75 Å². The Hall–Kier alpha value is -3.74. The van der Waals surface area contributed by atoms with E-state index in [0.29, 0.717) is 35.1 Å². The van der Waals surface area contributed by atoms with Gasteiger partial charge in [-0.25, -0.2) is 4.98 Å². The number of carbonyl (C=O) groups is 1. The monoisotopic (exact) mass is 443 g/mol. The lowest BCUT2D eigenvalue weighted by Crippen LogP contribution is -2.13. The number of aromatic amines is 2. The van der Waals surface area contributed by atoms with Gasteiger partial charge in [0, 0.05) is 17.7 Å². The summed E-state index contributed by atoms with van der Waals surface area (Å²) in [4.78, 5) is 18.4. The van der Waals surface area contributed by atoms with E-state index in [9.17, 15) is 18.0 Å². The summed E-state index contributed by atoms with van der Waals surface area (Å²) in [5.41, 5.74) is 0.260. The lowest BCUT2D eigenvalue weighted by Gasteiger charge is -2.15. The molecule has 3 aromatic rings. The fraction of sp³-hybridized carbons (Fsp3) is 0.318. The second-order valence-corrected chi connectivity index (χ2v) is 7.51. The number of amides is 1. The Morgan fingerprint density at radius 3 is 2.75 bits per heavy atom. The lowest BCUT2D eigenvalue weighted by atomic mass is 10.1. The number of aromatic nitrogens is 4. The van der Waals surface area contributed by atoms with E-state index in [1.807, 2.05) is 0 Å². The number of anilines is 1. The van der Waals surface area contributed by atoms with Crippen molar-refractivity contribution in [2.24, 2.45) is 5.92 Å². The van der Waals surface area contributed by atoms with Gasteiger partial charge in [-0.1, -0.05) is 18.8 Å².